The van der Waals surface area contributed by atoms with Gasteiger partial charge in [0.05, 0.1) is 25.8 Å². The van der Waals surface area contributed by atoms with Crippen LogP contribution in [0, 0.1) is 5.82 Å². The second-order valence-corrected chi connectivity index (χ2v) is 5.70. The van der Waals surface area contributed by atoms with Gasteiger partial charge >= 0.3 is 5.97 Å². The highest BCUT2D eigenvalue weighted by Crippen LogP contribution is 2.25. The molecular formula is C19H18FNO4. The van der Waals surface area contributed by atoms with Gasteiger partial charge in [-0.1, -0.05) is 24.3 Å². The Labute approximate surface area is 145 Å². The van der Waals surface area contributed by atoms with E-state index in [1.54, 1.807) is 41.3 Å². The van der Waals surface area contributed by atoms with Crippen molar-refractivity contribution in [1.29, 1.82) is 0 Å². The van der Waals surface area contributed by atoms with Crippen molar-refractivity contribution in [1.82, 2.24) is 4.90 Å². The zero-order valence-corrected chi connectivity index (χ0v) is 13.8. The molecule has 6 heteroatoms. The molecule has 2 aromatic carbocycles. The molecule has 1 aliphatic heterocycles. The van der Waals surface area contributed by atoms with E-state index in [0.717, 1.165) is 0 Å². The summed E-state index contributed by atoms with van der Waals surface area (Å²) < 4.78 is 24.3. The molecule has 0 radical (unpaired) electrons. The topological polar surface area (TPSA) is 55.8 Å². The molecule has 5 nitrogen and oxygen atoms in total. The average molecular weight is 343 g/mol. The number of hydrogen-bond acceptors (Lipinski definition) is 4. The molecule has 1 saturated heterocycles. The fourth-order valence-corrected chi connectivity index (χ4v) is 2.84. The summed E-state index contributed by atoms with van der Waals surface area (Å²) >= 11 is 0. The smallest absolute Gasteiger partial charge is 0.337 e. The summed E-state index contributed by atoms with van der Waals surface area (Å²) in [5.74, 6) is -1.08. The molecule has 130 valence electrons. The van der Waals surface area contributed by atoms with Crippen LogP contribution in [0.4, 0.5) is 4.39 Å². The fraction of sp³-hybridized carbons (Fsp3) is 0.263. The number of halogens is 1. The Hall–Kier alpha value is -2.73. The van der Waals surface area contributed by atoms with Crippen LogP contribution in [0.2, 0.25) is 0 Å². The lowest BCUT2D eigenvalue weighted by Gasteiger charge is -2.33. The van der Waals surface area contributed by atoms with E-state index in [1.807, 2.05) is 0 Å². The van der Waals surface area contributed by atoms with Gasteiger partial charge in [-0.15, -0.1) is 0 Å². The van der Waals surface area contributed by atoms with E-state index in [4.69, 9.17) is 4.74 Å². The van der Waals surface area contributed by atoms with Crippen molar-refractivity contribution >= 4 is 11.9 Å². The monoisotopic (exact) mass is 343 g/mol. The minimum atomic E-state index is -0.511. The van der Waals surface area contributed by atoms with Gasteiger partial charge in [-0.25, -0.2) is 9.18 Å². The first-order valence-corrected chi connectivity index (χ1v) is 7.94. The van der Waals surface area contributed by atoms with Crippen LogP contribution < -0.4 is 0 Å². The second kappa shape index (κ2) is 7.44. The van der Waals surface area contributed by atoms with Crippen molar-refractivity contribution in [2.75, 3.05) is 26.8 Å². The first kappa shape index (κ1) is 17.1. The molecule has 0 aromatic heterocycles. The van der Waals surface area contributed by atoms with Crippen LogP contribution in [0.15, 0.2) is 48.5 Å². The standard InChI is InChI=1S/C19H18FNO4/c1-24-19(23)14-6-4-5-13(11-14)18(22)21-9-10-25-17(12-21)15-7-2-3-8-16(15)20/h2-8,11,17H,9-10,12H2,1H3/t17-/m1/s1. The van der Waals surface area contributed by atoms with Gasteiger partial charge in [-0.05, 0) is 24.3 Å². The number of morpholine rings is 1. The molecule has 1 fully saturated rings. The summed E-state index contributed by atoms with van der Waals surface area (Å²) in [6.45, 7) is 0.982. The summed E-state index contributed by atoms with van der Waals surface area (Å²) in [4.78, 5) is 26.0. The minimum absolute atomic E-state index is 0.226. The summed E-state index contributed by atoms with van der Waals surface area (Å²) in [5, 5.41) is 0. The van der Waals surface area contributed by atoms with Crippen LogP contribution in [0.25, 0.3) is 0 Å². The summed E-state index contributed by atoms with van der Waals surface area (Å²) in [6.07, 6.45) is -0.511. The van der Waals surface area contributed by atoms with Crippen molar-refractivity contribution < 1.29 is 23.5 Å². The van der Waals surface area contributed by atoms with E-state index in [0.29, 0.717) is 29.8 Å². The van der Waals surface area contributed by atoms with Gasteiger partial charge in [-0.3, -0.25) is 4.79 Å². The highest BCUT2D eigenvalue weighted by atomic mass is 19.1. The minimum Gasteiger partial charge on any atom is -0.465 e. The number of methoxy groups -OCH3 is 1. The van der Waals surface area contributed by atoms with Crippen molar-refractivity contribution in [2.45, 2.75) is 6.10 Å². The van der Waals surface area contributed by atoms with Crippen molar-refractivity contribution in [2.24, 2.45) is 0 Å². The van der Waals surface area contributed by atoms with Gasteiger partial charge in [0.2, 0.25) is 0 Å². The van der Waals surface area contributed by atoms with Crippen LogP contribution in [0.5, 0.6) is 0 Å². The zero-order chi connectivity index (χ0) is 17.8. The Morgan fingerprint density at radius 3 is 2.68 bits per heavy atom. The zero-order valence-electron chi connectivity index (χ0n) is 13.8. The maximum atomic E-state index is 14.0. The molecule has 0 bridgehead atoms. The predicted molar refractivity (Wildman–Crippen MR) is 88.8 cm³/mol. The molecule has 25 heavy (non-hydrogen) atoms. The predicted octanol–water partition coefficient (Wildman–Crippen LogP) is 2.83. The number of carbonyl (C=O) groups is 2. The first-order valence-electron chi connectivity index (χ1n) is 7.94. The van der Waals surface area contributed by atoms with Gasteiger partial charge in [-0.2, -0.15) is 0 Å². The molecule has 1 aliphatic rings. The summed E-state index contributed by atoms with van der Waals surface area (Å²) in [6, 6.07) is 12.7. The van der Waals surface area contributed by atoms with E-state index in [9.17, 15) is 14.0 Å². The van der Waals surface area contributed by atoms with Crippen LogP contribution in [-0.4, -0.2) is 43.6 Å². The SMILES string of the molecule is COC(=O)c1cccc(C(=O)N2CCO[C@@H](c3ccccc3F)C2)c1. The van der Waals surface area contributed by atoms with E-state index in [-0.39, 0.29) is 18.3 Å². The third-order valence-corrected chi connectivity index (χ3v) is 4.14. The number of ether oxygens (including phenoxy) is 2. The number of hydrogen-bond donors (Lipinski definition) is 0. The Balaban J connectivity index is 1.79. The van der Waals surface area contributed by atoms with Gasteiger partial charge in [0.1, 0.15) is 11.9 Å². The Morgan fingerprint density at radius 2 is 1.92 bits per heavy atom. The molecule has 0 unspecified atom stereocenters. The Kier molecular flexibility index (Phi) is 5.09. The highest BCUT2D eigenvalue weighted by Gasteiger charge is 2.28. The number of amides is 1. The Morgan fingerprint density at radius 1 is 1.16 bits per heavy atom. The molecule has 0 spiro atoms. The van der Waals surface area contributed by atoms with E-state index < -0.39 is 12.1 Å². The maximum Gasteiger partial charge on any atom is 0.337 e. The largest absolute Gasteiger partial charge is 0.465 e. The van der Waals surface area contributed by atoms with E-state index >= 15 is 0 Å². The molecule has 0 N–H and O–H groups in total. The lowest BCUT2D eigenvalue weighted by atomic mass is 10.1. The van der Waals surface area contributed by atoms with Crippen molar-refractivity contribution in [3.63, 3.8) is 0 Å². The van der Waals surface area contributed by atoms with Crippen LogP contribution in [0.3, 0.4) is 0 Å². The number of nitrogens with zero attached hydrogens (tertiary/aromatic N) is 1. The van der Waals surface area contributed by atoms with Crippen LogP contribution in [0.1, 0.15) is 32.4 Å². The molecule has 2 aromatic rings. The summed E-state index contributed by atoms with van der Waals surface area (Å²) in [7, 11) is 1.29. The molecule has 0 aliphatic carbocycles. The number of carbonyl (C=O) groups excluding carboxylic acids is 2. The van der Waals surface area contributed by atoms with E-state index in [1.165, 1.54) is 19.2 Å². The van der Waals surface area contributed by atoms with Crippen LogP contribution in [-0.2, 0) is 9.47 Å². The fourth-order valence-electron chi connectivity index (χ4n) is 2.84. The molecule has 1 heterocycles. The number of benzene rings is 2. The average Bonchev–Trinajstić information content (AvgIpc) is 2.67. The Bertz CT molecular complexity index is 792. The number of esters is 1. The summed E-state index contributed by atoms with van der Waals surface area (Å²) in [5.41, 5.74) is 1.13. The molecule has 3 rings (SSSR count). The molecule has 1 amide bonds. The lowest BCUT2D eigenvalue weighted by molar-refractivity contribution is -0.0243. The third kappa shape index (κ3) is 3.69. The van der Waals surface area contributed by atoms with Gasteiger partial charge < -0.3 is 14.4 Å². The molecule has 0 saturated carbocycles. The van der Waals surface area contributed by atoms with Crippen LogP contribution >= 0.6 is 0 Å². The van der Waals surface area contributed by atoms with Crippen molar-refractivity contribution in [3.8, 4) is 0 Å². The third-order valence-electron chi connectivity index (χ3n) is 4.14. The van der Waals surface area contributed by atoms with Crippen molar-refractivity contribution in [3.05, 3.63) is 71.0 Å². The second-order valence-electron chi connectivity index (χ2n) is 5.70. The maximum absolute atomic E-state index is 14.0. The molecule has 1 atom stereocenters. The van der Waals surface area contributed by atoms with E-state index in [2.05, 4.69) is 4.74 Å². The van der Waals surface area contributed by atoms with Gasteiger partial charge in [0.25, 0.3) is 5.91 Å². The quantitative estimate of drug-likeness (QED) is 0.804. The lowest BCUT2D eigenvalue weighted by Crippen LogP contribution is -2.42. The first-order chi connectivity index (χ1) is 12.1. The van der Waals surface area contributed by atoms with Gasteiger partial charge in [0, 0.05) is 17.7 Å². The van der Waals surface area contributed by atoms with Gasteiger partial charge in [0.15, 0.2) is 0 Å². The normalized spacial score (nSPS) is 17.2. The molecular weight excluding hydrogens is 325 g/mol. The number of rotatable bonds is 3. The highest BCUT2D eigenvalue weighted by molar-refractivity contribution is 5.98.